The number of aromatic amines is 1. The summed E-state index contributed by atoms with van der Waals surface area (Å²) in [4.78, 5) is 28.4. The monoisotopic (exact) mass is 459 g/mol. The van der Waals surface area contributed by atoms with Crippen molar-refractivity contribution in [1.82, 2.24) is 19.9 Å². The standard InChI is InChI=1S/C23H27ClFN5O2/c1-23(2,12-31)19(32)7-13-4-3-5-15(6-13)29-22-18(25)11-28-21(30-22)17-10-27-20-16(17)8-14(24)9-26-20/h8-11,13,15,31H,3-7,12H2,1-2H3,(H,26,27)(H,28,29,30)/t13-,15+/m1/s1. The van der Waals surface area contributed by atoms with Gasteiger partial charge in [0.2, 0.25) is 0 Å². The highest BCUT2D eigenvalue weighted by Crippen LogP contribution is 2.33. The Morgan fingerprint density at radius 1 is 1.34 bits per heavy atom. The summed E-state index contributed by atoms with van der Waals surface area (Å²) < 4.78 is 14.5. The minimum Gasteiger partial charge on any atom is -0.395 e. The van der Waals surface area contributed by atoms with Gasteiger partial charge in [-0.25, -0.2) is 19.3 Å². The first-order valence-corrected chi connectivity index (χ1v) is 11.2. The molecular weight excluding hydrogens is 433 g/mol. The van der Waals surface area contributed by atoms with Crippen LogP contribution >= 0.6 is 11.6 Å². The third-order valence-corrected chi connectivity index (χ3v) is 6.44. The van der Waals surface area contributed by atoms with E-state index in [0.29, 0.717) is 28.5 Å². The van der Waals surface area contributed by atoms with Crippen LogP contribution in [0.5, 0.6) is 0 Å². The van der Waals surface area contributed by atoms with Gasteiger partial charge in [-0.15, -0.1) is 0 Å². The van der Waals surface area contributed by atoms with Crippen LogP contribution in [0.2, 0.25) is 5.02 Å². The van der Waals surface area contributed by atoms with Gasteiger partial charge in [0.15, 0.2) is 17.5 Å². The average molecular weight is 460 g/mol. The van der Waals surface area contributed by atoms with Crippen LogP contribution in [0.4, 0.5) is 10.2 Å². The number of halogens is 2. The lowest BCUT2D eigenvalue weighted by Crippen LogP contribution is -2.33. The minimum absolute atomic E-state index is 0.00937. The van der Waals surface area contributed by atoms with Crippen LogP contribution in [0.1, 0.15) is 46.0 Å². The molecule has 170 valence electrons. The van der Waals surface area contributed by atoms with E-state index in [0.717, 1.165) is 37.3 Å². The number of Topliss-reactive ketones (excluding diaryl/α,β-unsaturated/α-hetero) is 1. The molecule has 0 radical (unpaired) electrons. The lowest BCUT2D eigenvalue weighted by Gasteiger charge is -2.31. The van der Waals surface area contributed by atoms with Gasteiger partial charge in [0.05, 0.1) is 17.8 Å². The van der Waals surface area contributed by atoms with E-state index in [4.69, 9.17) is 11.6 Å². The van der Waals surface area contributed by atoms with Crippen LogP contribution in [-0.4, -0.2) is 43.5 Å². The van der Waals surface area contributed by atoms with Crippen LogP contribution in [0, 0.1) is 17.2 Å². The highest BCUT2D eigenvalue weighted by Gasteiger charge is 2.31. The second kappa shape index (κ2) is 9.11. The molecule has 9 heteroatoms. The number of aliphatic hydroxyl groups excluding tert-OH is 1. The summed E-state index contributed by atoms with van der Waals surface area (Å²) in [6, 6.07) is 1.78. The topological polar surface area (TPSA) is 104 Å². The maximum Gasteiger partial charge on any atom is 0.183 e. The Morgan fingerprint density at radius 2 is 2.16 bits per heavy atom. The van der Waals surface area contributed by atoms with Crippen molar-refractivity contribution in [2.75, 3.05) is 11.9 Å². The lowest BCUT2D eigenvalue weighted by molar-refractivity contribution is -0.130. The summed E-state index contributed by atoms with van der Waals surface area (Å²) >= 11 is 6.08. The van der Waals surface area contributed by atoms with Gasteiger partial charge in [-0.2, -0.15) is 0 Å². The second-order valence-corrected chi connectivity index (χ2v) is 9.62. The van der Waals surface area contributed by atoms with Crippen molar-refractivity contribution in [2.45, 2.75) is 52.0 Å². The van der Waals surface area contributed by atoms with E-state index in [9.17, 15) is 14.3 Å². The molecule has 32 heavy (non-hydrogen) atoms. The number of ketones is 1. The van der Waals surface area contributed by atoms with Gasteiger partial charge in [-0.1, -0.05) is 31.9 Å². The predicted molar refractivity (Wildman–Crippen MR) is 122 cm³/mol. The lowest BCUT2D eigenvalue weighted by atomic mass is 9.77. The molecule has 1 saturated carbocycles. The molecule has 0 aromatic carbocycles. The first-order valence-electron chi connectivity index (χ1n) is 10.8. The van der Waals surface area contributed by atoms with Crippen molar-refractivity contribution < 1.29 is 14.3 Å². The van der Waals surface area contributed by atoms with Gasteiger partial charge < -0.3 is 15.4 Å². The zero-order chi connectivity index (χ0) is 22.9. The molecule has 3 aromatic heterocycles. The number of hydrogen-bond donors (Lipinski definition) is 3. The molecule has 0 unspecified atom stereocenters. The van der Waals surface area contributed by atoms with Gasteiger partial charge in [-0.05, 0) is 31.2 Å². The molecule has 1 fully saturated rings. The Labute approximate surface area is 190 Å². The van der Waals surface area contributed by atoms with Gasteiger partial charge in [0, 0.05) is 41.2 Å². The number of hydrogen-bond acceptors (Lipinski definition) is 6. The maximum absolute atomic E-state index is 14.5. The Morgan fingerprint density at radius 3 is 2.94 bits per heavy atom. The van der Waals surface area contributed by atoms with E-state index in [2.05, 4.69) is 25.3 Å². The fourth-order valence-electron chi connectivity index (χ4n) is 4.19. The van der Waals surface area contributed by atoms with Crippen LogP contribution in [-0.2, 0) is 4.79 Å². The molecule has 3 aromatic rings. The number of anilines is 1. The molecule has 1 aliphatic carbocycles. The summed E-state index contributed by atoms with van der Waals surface area (Å²) in [5.41, 5.74) is 0.610. The number of aliphatic hydroxyl groups is 1. The maximum atomic E-state index is 14.5. The number of H-pyrrole nitrogens is 1. The highest BCUT2D eigenvalue weighted by atomic mass is 35.5. The van der Waals surface area contributed by atoms with Crippen LogP contribution < -0.4 is 5.32 Å². The zero-order valence-corrected chi connectivity index (χ0v) is 18.9. The Kier molecular flexibility index (Phi) is 6.44. The Hall–Kier alpha value is -2.58. The van der Waals surface area contributed by atoms with Crippen molar-refractivity contribution in [3.63, 3.8) is 0 Å². The number of rotatable bonds is 7. The summed E-state index contributed by atoms with van der Waals surface area (Å²) in [6.07, 6.45) is 8.39. The molecule has 3 N–H and O–H groups in total. The average Bonchev–Trinajstić information content (AvgIpc) is 3.18. The van der Waals surface area contributed by atoms with E-state index >= 15 is 0 Å². The predicted octanol–water partition coefficient (Wildman–Crippen LogP) is 4.76. The molecule has 2 atom stereocenters. The minimum atomic E-state index is -0.731. The second-order valence-electron chi connectivity index (χ2n) is 9.19. The first kappa shape index (κ1) is 22.6. The van der Waals surface area contributed by atoms with E-state index in [1.54, 1.807) is 32.3 Å². The molecule has 0 aliphatic heterocycles. The molecule has 0 bridgehead atoms. The van der Waals surface area contributed by atoms with E-state index < -0.39 is 11.2 Å². The van der Waals surface area contributed by atoms with Crippen molar-refractivity contribution in [1.29, 1.82) is 0 Å². The first-order chi connectivity index (χ1) is 15.3. The number of pyridine rings is 1. The zero-order valence-electron chi connectivity index (χ0n) is 18.2. The quantitative estimate of drug-likeness (QED) is 0.470. The van der Waals surface area contributed by atoms with Gasteiger partial charge in [-0.3, -0.25) is 4.79 Å². The Bertz CT molecular complexity index is 1130. The van der Waals surface area contributed by atoms with E-state index in [-0.39, 0.29) is 30.2 Å². The van der Waals surface area contributed by atoms with Crippen LogP contribution in [0.15, 0.2) is 24.7 Å². The van der Waals surface area contributed by atoms with E-state index in [1.165, 1.54) is 0 Å². The summed E-state index contributed by atoms with van der Waals surface area (Å²) in [5.74, 6) is 0.256. The molecule has 0 amide bonds. The Balaban J connectivity index is 1.51. The number of fused-ring (bicyclic) bond motifs is 1. The molecule has 0 saturated heterocycles. The number of carbonyl (C=O) groups is 1. The number of aromatic nitrogens is 4. The number of nitrogens with one attached hydrogen (secondary N) is 2. The third-order valence-electron chi connectivity index (χ3n) is 6.23. The molecule has 3 heterocycles. The van der Waals surface area contributed by atoms with Crippen LogP contribution in [0.25, 0.3) is 22.4 Å². The summed E-state index contributed by atoms with van der Waals surface area (Å²) in [6.45, 7) is 3.36. The third kappa shape index (κ3) is 4.76. The highest BCUT2D eigenvalue weighted by molar-refractivity contribution is 6.31. The van der Waals surface area contributed by atoms with Gasteiger partial charge in [0.25, 0.3) is 0 Å². The van der Waals surface area contributed by atoms with Crippen molar-refractivity contribution in [3.05, 3.63) is 35.5 Å². The molecule has 1 aliphatic rings. The molecule has 4 rings (SSSR count). The van der Waals surface area contributed by atoms with Crippen LogP contribution in [0.3, 0.4) is 0 Å². The SMILES string of the molecule is CC(C)(CO)C(=O)C[C@@H]1CCC[C@H](Nc2nc(-c3c[nH]c4ncc(Cl)cc34)ncc2F)C1. The number of nitrogens with zero attached hydrogens (tertiary/aromatic N) is 3. The fraction of sp³-hybridized carbons (Fsp3) is 0.478. The van der Waals surface area contributed by atoms with Crippen molar-refractivity contribution >= 4 is 34.2 Å². The largest absolute Gasteiger partial charge is 0.395 e. The summed E-state index contributed by atoms with van der Waals surface area (Å²) in [5, 5.41) is 13.9. The normalized spacial score (nSPS) is 19.3. The molecule has 0 spiro atoms. The molecular formula is C23H27ClFN5O2. The van der Waals surface area contributed by atoms with Crippen molar-refractivity contribution in [3.8, 4) is 11.4 Å². The van der Waals surface area contributed by atoms with Gasteiger partial charge in [0.1, 0.15) is 11.4 Å². The van der Waals surface area contributed by atoms with E-state index in [1.807, 2.05) is 0 Å². The number of carbonyl (C=O) groups excluding carboxylic acids is 1. The molecule has 7 nitrogen and oxygen atoms in total. The van der Waals surface area contributed by atoms with Gasteiger partial charge >= 0.3 is 0 Å². The van der Waals surface area contributed by atoms with Crippen molar-refractivity contribution in [2.24, 2.45) is 11.3 Å². The fourth-order valence-corrected chi connectivity index (χ4v) is 4.35. The smallest absolute Gasteiger partial charge is 0.183 e. The summed E-state index contributed by atoms with van der Waals surface area (Å²) in [7, 11) is 0.